The molecule has 4 rings (SSSR count). The molecule has 4 aromatic rings. The lowest BCUT2D eigenvalue weighted by Crippen LogP contribution is -2.24. The van der Waals surface area contributed by atoms with Gasteiger partial charge in [0.05, 0.1) is 23.2 Å². The van der Waals surface area contributed by atoms with Crippen LogP contribution >= 0.6 is 0 Å². The molecule has 3 aromatic carbocycles. The number of ether oxygens (including phenoxy) is 1. The molecule has 0 saturated carbocycles. The number of urea groups is 1. The van der Waals surface area contributed by atoms with Gasteiger partial charge in [0, 0.05) is 17.6 Å². The molecule has 0 unspecified atom stereocenters. The number of hydrazone groups is 1. The summed E-state index contributed by atoms with van der Waals surface area (Å²) in [6, 6.07) is 19.0. The van der Waals surface area contributed by atoms with Crippen molar-refractivity contribution in [3.05, 3.63) is 101 Å². The van der Waals surface area contributed by atoms with Crippen LogP contribution in [0.25, 0.3) is 5.69 Å². The molecule has 0 aliphatic carbocycles. The molecule has 0 radical (unpaired) electrons. The van der Waals surface area contributed by atoms with Crippen LogP contribution in [0, 0.1) is 6.92 Å². The molecule has 0 fully saturated rings. The Morgan fingerprint density at radius 3 is 2.32 bits per heavy atom. The smallest absolute Gasteiger partial charge is 0.406 e. The summed E-state index contributed by atoms with van der Waals surface area (Å²) < 4.78 is 42.4. The standard InChI is InChI=1S/C29H27F3N6O3/c1-18(2)24-6-4-5-7-26(24)35-28(40)36-33-16-20-8-12-22(13-9-20)38-17-25(19(3)37-38)27(39)34-21-10-14-23(15-11-21)41-29(30,31)32/h4-18H,1-3H3,(H,34,39)(H2,35,36,40)/b33-16+. The van der Waals surface area contributed by atoms with Gasteiger partial charge >= 0.3 is 12.4 Å². The van der Waals surface area contributed by atoms with Crippen molar-refractivity contribution in [1.82, 2.24) is 15.2 Å². The minimum Gasteiger partial charge on any atom is -0.406 e. The second-order valence-corrected chi connectivity index (χ2v) is 9.26. The van der Waals surface area contributed by atoms with Crippen molar-refractivity contribution in [1.29, 1.82) is 0 Å². The number of carbonyl (C=O) groups is 2. The second-order valence-electron chi connectivity index (χ2n) is 9.26. The van der Waals surface area contributed by atoms with Crippen molar-refractivity contribution in [2.45, 2.75) is 33.1 Å². The SMILES string of the molecule is Cc1nn(-c2ccc(/C=N/NC(=O)Nc3ccccc3C(C)C)cc2)cc1C(=O)Nc1ccc(OC(F)(F)F)cc1. The van der Waals surface area contributed by atoms with E-state index in [1.807, 2.05) is 38.1 Å². The average molecular weight is 565 g/mol. The van der Waals surface area contributed by atoms with E-state index in [2.05, 4.69) is 31.0 Å². The Hall–Kier alpha value is -5.13. The first kappa shape index (κ1) is 28.9. The van der Waals surface area contributed by atoms with Crippen LogP contribution in [-0.4, -0.2) is 34.3 Å². The third-order valence-corrected chi connectivity index (χ3v) is 5.86. The molecule has 0 atom stereocenters. The van der Waals surface area contributed by atoms with Gasteiger partial charge in [0.2, 0.25) is 0 Å². The van der Waals surface area contributed by atoms with Crippen LogP contribution in [0.5, 0.6) is 5.75 Å². The third-order valence-electron chi connectivity index (χ3n) is 5.86. The number of anilines is 2. The molecule has 3 N–H and O–H groups in total. The van der Waals surface area contributed by atoms with Crippen LogP contribution in [0.1, 0.15) is 46.9 Å². The van der Waals surface area contributed by atoms with Gasteiger partial charge in [-0.2, -0.15) is 10.2 Å². The fourth-order valence-electron chi connectivity index (χ4n) is 3.90. The van der Waals surface area contributed by atoms with Crippen molar-refractivity contribution in [3.63, 3.8) is 0 Å². The molecule has 212 valence electrons. The van der Waals surface area contributed by atoms with E-state index in [9.17, 15) is 22.8 Å². The first-order valence-corrected chi connectivity index (χ1v) is 12.5. The number of hydrogen-bond acceptors (Lipinski definition) is 5. The molecule has 0 spiro atoms. The van der Waals surface area contributed by atoms with E-state index in [-0.39, 0.29) is 11.7 Å². The number of nitrogens with one attached hydrogen (secondary N) is 3. The predicted molar refractivity (Wildman–Crippen MR) is 150 cm³/mol. The normalized spacial score (nSPS) is 11.5. The minimum absolute atomic E-state index is 0.250. The molecule has 0 aliphatic rings. The quantitative estimate of drug-likeness (QED) is 0.165. The number of nitrogens with zero attached hydrogens (tertiary/aromatic N) is 3. The van der Waals surface area contributed by atoms with E-state index < -0.39 is 18.3 Å². The maximum atomic E-state index is 12.8. The molecule has 0 bridgehead atoms. The number of aryl methyl sites for hydroxylation is 1. The van der Waals surface area contributed by atoms with E-state index in [4.69, 9.17) is 0 Å². The molecular weight excluding hydrogens is 537 g/mol. The van der Waals surface area contributed by atoms with E-state index in [1.165, 1.54) is 23.0 Å². The molecule has 0 aliphatic heterocycles. The summed E-state index contributed by atoms with van der Waals surface area (Å²) in [5.74, 6) is -0.609. The summed E-state index contributed by atoms with van der Waals surface area (Å²) in [5.41, 5.74) is 6.63. The zero-order valence-electron chi connectivity index (χ0n) is 22.4. The van der Waals surface area contributed by atoms with Crippen LogP contribution in [0.4, 0.5) is 29.3 Å². The highest BCUT2D eigenvalue weighted by molar-refractivity contribution is 6.05. The maximum absolute atomic E-state index is 12.8. The van der Waals surface area contributed by atoms with E-state index in [0.29, 0.717) is 22.6 Å². The minimum atomic E-state index is -4.80. The van der Waals surface area contributed by atoms with Gasteiger partial charge in [0.15, 0.2) is 0 Å². The maximum Gasteiger partial charge on any atom is 0.573 e. The highest BCUT2D eigenvalue weighted by atomic mass is 19.4. The van der Waals surface area contributed by atoms with Crippen LogP contribution in [0.3, 0.4) is 0 Å². The Morgan fingerprint density at radius 2 is 1.66 bits per heavy atom. The van der Waals surface area contributed by atoms with Gasteiger partial charge in [-0.3, -0.25) is 4.79 Å². The number of rotatable bonds is 8. The Bertz CT molecular complexity index is 1550. The van der Waals surface area contributed by atoms with Crippen LogP contribution in [0.15, 0.2) is 84.1 Å². The number of para-hydroxylation sites is 1. The number of carbonyl (C=O) groups excluding carboxylic acids is 2. The Morgan fingerprint density at radius 1 is 0.976 bits per heavy atom. The van der Waals surface area contributed by atoms with Crippen molar-refractivity contribution in [3.8, 4) is 11.4 Å². The van der Waals surface area contributed by atoms with Gasteiger partial charge in [0.1, 0.15) is 5.75 Å². The van der Waals surface area contributed by atoms with Gasteiger partial charge in [0.25, 0.3) is 5.91 Å². The number of halogens is 3. The zero-order chi connectivity index (χ0) is 29.6. The largest absolute Gasteiger partial charge is 0.573 e. The summed E-state index contributed by atoms with van der Waals surface area (Å²) in [6.07, 6.45) is -1.75. The number of alkyl halides is 3. The third kappa shape index (κ3) is 7.94. The molecule has 12 heteroatoms. The molecule has 0 saturated heterocycles. The first-order valence-electron chi connectivity index (χ1n) is 12.5. The van der Waals surface area contributed by atoms with Gasteiger partial charge in [-0.15, -0.1) is 13.2 Å². The molecular formula is C29H27F3N6O3. The van der Waals surface area contributed by atoms with Crippen LogP contribution < -0.4 is 20.8 Å². The van der Waals surface area contributed by atoms with Gasteiger partial charge in [-0.05, 0) is 66.4 Å². The molecule has 1 aromatic heterocycles. The number of hydrogen-bond donors (Lipinski definition) is 3. The number of benzene rings is 3. The highest BCUT2D eigenvalue weighted by Gasteiger charge is 2.31. The molecule has 1 heterocycles. The zero-order valence-corrected chi connectivity index (χ0v) is 22.4. The lowest BCUT2D eigenvalue weighted by atomic mass is 10.0. The summed E-state index contributed by atoms with van der Waals surface area (Å²) in [6.45, 7) is 5.76. The molecule has 3 amide bonds. The predicted octanol–water partition coefficient (Wildman–Crippen LogP) is 6.61. The fourth-order valence-corrected chi connectivity index (χ4v) is 3.90. The summed E-state index contributed by atoms with van der Waals surface area (Å²) in [7, 11) is 0. The van der Waals surface area contributed by atoms with Crippen LogP contribution in [0.2, 0.25) is 0 Å². The van der Waals surface area contributed by atoms with Crippen molar-refractivity contribution < 1.29 is 27.5 Å². The van der Waals surface area contributed by atoms with E-state index in [1.54, 1.807) is 37.4 Å². The Labute approximate surface area is 234 Å². The average Bonchev–Trinajstić information content (AvgIpc) is 3.31. The summed E-state index contributed by atoms with van der Waals surface area (Å²) in [4.78, 5) is 25.0. The lowest BCUT2D eigenvalue weighted by Gasteiger charge is -2.12. The number of aromatic nitrogens is 2. The number of amides is 3. The monoisotopic (exact) mass is 564 g/mol. The van der Waals surface area contributed by atoms with Crippen LogP contribution in [-0.2, 0) is 0 Å². The molecule has 41 heavy (non-hydrogen) atoms. The second kappa shape index (κ2) is 12.4. The molecule has 9 nitrogen and oxygen atoms in total. The van der Waals surface area contributed by atoms with E-state index >= 15 is 0 Å². The Kier molecular flexibility index (Phi) is 8.71. The first-order chi connectivity index (χ1) is 19.5. The van der Waals surface area contributed by atoms with Gasteiger partial charge in [-0.25, -0.2) is 14.9 Å². The van der Waals surface area contributed by atoms with Crippen molar-refractivity contribution in [2.75, 3.05) is 10.6 Å². The fraction of sp³-hybridized carbons (Fsp3) is 0.172. The lowest BCUT2D eigenvalue weighted by molar-refractivity contribution is -0.274. The highest BCUT2D eigenvalue weighted by Crippen LogP contribution is 2.25. The Balaban J connectivity index is 1.34. The summed E-state index contributed by atoms with van der Waals surface area (Å²) >= 11 is 0. The van der Waals surface area contributed by atoms with E-state index in [0.717, 1.165) is 28.9 Å². The van der Waals surface area contributed by atoms with Gasteiger partial charge < -0.3 is 15.4 Å². The summed E-state index contributed by atoms with van der Waals surface area (Å²) in [5, 5.41) is 13.8. The topological polar surface area (TPSA) is 110 Å². The van der Waals surface area contributed by atoms with Gasteiger partial charge in [-0.1, -0.05) is 44.2 Å². The van der Waals surface area contributed by atoms with Crippen molar-refractivity contribution in [2.24, 2.45) is 5.10 Å². The van der Waals surface area contributed by atoms with Crippen molar-refractivity contribution >= 4 is 29.5 Å².